The van der Waals surface area contributed by atoms with Crippen LogP contribution < -0.4 is 10.2 Å². The third-order valence-electron chi connectivity index (χ3n) is 2.64. The van der Waals surface area contributed by atoms with E-state index < -0.39 is 0 Å². The Bertz CT molecular complexity index is 361. The van der Waals surface area contributed by atoms with E-state index in [-0.39, 0.29) is 11.8 Å². The maximum Gasteiger partial charge on any atom is 0.231 e. The number of rotatable bonds is 1. The van der Waals surface area contributed by atoms with Crippen molar-refractivity contribution in [3.63, 3.8) is 0 Å². The molecule has 0 aliphatic carbocycles. The highest BCUT2D eigenvalue weighted by atomic mass is 32.1. The summed E-state index contributed by atoms with van der Waals surface area (Å²) < 4.78 is 0. The van der Waals surface area contributed by atoms with Gasteiger partial charge in [0.15, 0.2) is 0 Å². The van der Waals surface area contributed by atoms with Gasteiger partial charge in [0.05, 0.1) is 5.00 Å². The summed E-state index contributed by atoms with van der Waals surface area (Å²) in [6, 6.07) is 4.10. The summed E-state index contributed by atoms with van der Waals surface area (Å²) in [5.41, 5.74) is 0. The minimum atomic E-state index is 0.0786. The van der Waals surface area contributed by atoms with E-state index in [2.05, 4.69) is 18.3 Å². The van der Waals surface area contributed by atoms with Gasteiger partial charge in [0.1, 0.15) is 0 Å². The molecular formula is C11H16N2OS. The molecular weight excluding hydrogens is 208 g/mol. The topological polar surface area (TPSA) is 32.3 Å². The quantitative estimate of drug-likeness (QED) is 0.786. The second kappa shape index (κ2) is 4.33. The Balaban J connectivity index is 2.22. The van der Waals surface area contributed by atoms with Crippen molar-refractivity contribution in [3.05, 3.63) is 17.0 Å². The Morgan fingerprint density at radius 2 is 2.33 bits per heavy atom. The van der Waals surface area contributed by atoms with Crippen molar-refractivity contribution in [2.24, 2.45) is 5.92 Å². The maximum atomic E-state index is 12.0. The van der Waals surface area contributed by atoms with E-state index in [0.717, 1.165) is 24.6 Å². The largest absolute Gasteiger partial charge is 0.314 e. The number of aryl methyl sites for hydroxylation is 1. The second-order valence-corrected chi connectivity index (χ2v) is 5.25. The normalized spacial score (nSPS) is 22.9. The Kier molecular flexibility index (Phi) is 3.07. The van der Waals surface area contributed by atoms with Gasteiger partial charge < -0.3 is 10.2 Å². The van der Waals surface area contributed by atoms with Gasteiger partial charge in [-0.3, -0.25) is 4.79 Å². The summed E-state index contributed by atoms with van der Waals surface area (Å²) in [7, 11) is 0. The molecule has 1 amide bonds. The van der Waals surface area contributed by atoms with Crippen LogP contribution in [0.4, 0.5) is 5.00 Å². The molecule has 1 unspecified atom stereocenters. The average Bonchev–Trinajstić information content (AvgIpc) is 2.56. The number of amides is 1. The lowest BCUT2D eigenvalue weighted by atomic mass is 10.1. The van der Waals surface area contributed by atoms with E-state index in [4.69, 9.17) is 0 Å². The molecule has 1 saturated heterocycles. The number of carbonyl (C=O) groups excluding carboxylic acids is 1. The Morgan fingerprint density at radius 1 is 1.53 bits per heavy atom. The van der Waals surface area contributed by atoms with Crippen LogP contribution in [-0.2, 0) is 4.79 Å². The van der Waals surface area contributed by atoms with E-state index in [1.54, 1.807) is 11.3 Å². The van der Waals surface area contributed by atoms with Gasteiger partial charge in [0, 0.05) is 30.4 Å². The molecule has 1 aromatic rings. The minimum Gasteiger partial charge on any atom is -0.314 e. The second-order valence-electron chi connectivity index (χ2n) is 3.98. The van der Waals surface area contributed by atoms with Gasteiger partial charge in [-0.2, -0.15) is 0 Å². The molecule has 2 rings (SSSR count). The summed E-state index contributed by atoms with van der Waals surface area (Å²) in [4.78, 5) is 15.2. The molecule has 82 valence electrons. The molecule has 4 heteroatoms. The molecule has 0 saturated carbocycles. The average molecular weight is 224 g/mol. The van der Waals surface area contributed by atoms with Gasteiger partial charge in [-0.25, -0.2) is 0 Å². The third-order valence-corrected chi connectivity index (χ3v) is 3.67. The van der Waals surface area contributed by atoms with Crippen LogP contribution in [0.1, 0.15) is 11.8 Å². The highest BCUT2D eigenvalue weighted by molar-refractivity contribution is 7.16. The van der Waals surface area contributed by atoms with Crippen LogP contribution in [0.15, 0.2) is 12.1 Å². The Morgan fingerprint density at radius 3 is 3.00 bits per heavy atom. The van der Waals surface area contributed by atoms with E-state index in [0.29, 0.717) is 0 Å². The number of nitrogens with zero attached hydrogens (tertiary/aromatic N) is 1. The van der Waals surface area contributed by atoms with Crippen LogP contribution >= 0.6 is 11.3 Å². The van der Waals surface area contributed by atoms with Crippen molar-refractivity contribution >= 4 is 22.2 Å². The van der Waals surface area contributed by atoms with Crippen LogP contribution in [-0.4, -0.2) is 25.5 Å². The first-order valence-corrected chi connectivity index (χ1v) is 6.08. The molecule has 0 aromatic carbocycles. The Hall–Kier alpha value is -0.870. The van der Waals surface area contributed by atoms with Gasteiger partial charge >= 0.3 is 0 Å². The van der Waals surface area contributed by atoms with Crippen LogP contribution in [0.3, 0.4) is 0 Å². The zero-order valence-corrected chi connectivity index (χ0v) is 9.93. The minimum absolute atomic E-state index is 0.0786. The maximum absolute atomic E-state index is 12.0. The monoisotopic (exact) mass is 224 g/mol. The van der Waals surface area contributed by atoms with E-state index in [1.165, 1.54) is 4.88 Å². The molecule has 1 aliphatic rings. The fraction of sp³-hybridized carbons (Fsp3) is 0.545. The molecule has 1 fully saturated rings. The van der Waals surface area contributed by atoms with Crippen LogP contribution in [0.2, 0.25) is 0 Å². The lowest BCUT2D eigenvalue weighted by Crippen LogP contribution is -2.34. The Labute approximate surface area is 94.1 Å². The molecule has 0 radical (unpaired) electrons. The van der Waals surface area contributed by atoms with Crippen molar-refractivity contribution in [2.45, 2.75) is 13.8 Å². The fourth-order valence-corrected chi connectivity index (χ4v) is 2.65. The van der Waals surface area contributed by atoms with Crippen molar-refractivity contribution in [1.82, 2.24) is 5.32 Å². The smallest absolute Gasteiger partial charge is 0.231 e. The van der Waals surface area contributed by atoms with Crippen molar-refractivity contribution in [3.8, 4) is 0 Å². The first-order valence-electron chi connectivity index (χ1n) is 5.27. The van der Waals surface area contributed by atoms with Crippen molar-refractivity contribution < 1.29 is 4.79 Å². The van der Waals surface area contributed by atoms with Crippen molar-refractivity contribution in [2.75, 3.05) is 24.5 Å². The zero-order chi connectivity index (χ0) is 10.8. The van der Waals surface area contributed by atoms with E-state index >= 15 is 0 Å². The predicted octanol–water partition coefficient (Wildman–Crippen LogP) is 1.63. The first kappa shape index (κ1) is 10.6. The summed E-state index contributed by atoms with van der Waals surface area (Å²) in [6.45, 7) is 6.50. The molecule has 1 atom stereocenters. The number of thiophene rings is 1. The zero-order valence-electron chi connectivity index (χ0n) is 9.12. The summed E-state index contributed by atoms with van der Waals surface area (Å²) in [5.74, 6) is 0.316. The van der Waals surface area contributed by atoms with E-state index in [1.807, 2.05) is 17.9 Å². The van der Waals surface area contributed by atoms with Crippen LogP contribution in [0.5, 0.6) is 0 Å². The number of nitrogens with one attached hydrogen (secondary N) is 1. The molecule has 3 nitrogen and oxygen atoms in total. The van der Waals surface area contributed by atoms with E-state index in [9.17, 15) is 4.79 Å². The lowest BCUT2D eigenvalue weighted by Gasteiger charge is -2.20. The van der Waals surface area contributed by atoms with Gasteiger partial charge in [0.2, 0.25) is 5.91 Å². The standard InChI is InChI=1S/C11H16N2OS/c1-8-7-12-5-6-13(11(8)14)10-4-3-9(2)15-10/h3-4,8,12H,5-7H2,1-2H3. The first-order chi connectivity index (χ1) is 7.18. The molecule has 0 bridgehead atoms. The number of hydrogen-bond acceptors (Lipinski definition) is 3. The summed E-state index contributed by atoms with van der Waals surface area (Å²) in [5, 5.41) is 4.35. The highest BCUT2D eigenvalue weighted by Crippen LogP contribution is 2.26. The van der Waals surface area contributed by atoms with Crippen LogP contribution in [0.25, 0.3) is 0 Å². The predicted molar refractivity (Wildman–Crippen MR) is 63.4 cm³/mol. The molecule has 1 aliphatic heterocycles. The van der Waals surface area contributed by atoms with Gasteiger partial charge in [-0.1, -0.05) is 6.92 Å². The number of anilines is 1. The molecule has 0 spiro atoms. The van der Waals surface area contributed by atoms with Gasteiger partial charge in [-0.05, 0) is 19.1 Å². The molecule has 15 heavy (non-hydrogen) atoms. The number of carbonyl (C=O) groups is 1. The molecule has 2 heterocycles. The summed E-state index contributed by atoms with van der Waals surface area (Å²) in [6.07, 6.45) is 0. The SMILES string of the molecule is Cc1ccc(N2CCNCC(C)C2=O)s1. The van der Waals surface area contributed by atoms with Gasteiger partial charge in [0.25, 0.3) is 0 Å². The third kappa shape index (κ3) is 2.21. The number of hydrogen-bond donors (Lipinski definition) is 1. The van der Waals surface area contributed by atoms with Crippen molar-refractivity contribution in [1.29, 1.82) is 0 Å². The molecule has 1 aromatic heterocycles. The van der Waals surface area contributed by atoms with Crippen LogP contribution in [0, 0.1) is 12.8 Å². The van der Waals surface area contributed by atoms with Gasteiger partial charge in [-0.15, -0.1) is 11.3 Å². The highest BCUT2D eigenvalue weighted by Gasteiger charge is 2.24. The fourth-order valence-electron chi connectivity index (χ4n) is 1.76. The molecule has 1 N–H and O–H groups in total. The lowest BCUT2D eigenvalue weighted by molar-refractivity contribution is -0.121. The summed E-state index contributed by atoms with van der Waals surface area (Å²) >= 11 is 1.69.